The van der Waals surface area contributed by atoms with E-state index in [0.29, 0.717) is 17.6 Å². The smallest absolute Gasteiger partial charge is 0.167 e. The first-order valence-corrected chi connectivity index (χ1v) is 8.80. The van der Waals surface area contributed by atoms with E-state index in [1.54, 1.807) is 11.8 Å². The number of benzene rings is 1. The summed E-state index contributed by atoms with van der Waals surface area (Å²) in [6.45, 7) is 0.677. The zero-order chi connectivity index (χ0) is 15.5. The Bertz CT molecular complexity index is 682. The van der Waals surface area contributed by atoms with Crippen LogP contribution in [0.25, 0.3) is 11.3 Å². The number of halogens is 1. The Kier molecular flexibility index (Phi) is 4.74. The molecule has 116 valence electrons. The molecule has 1 heterocycles. The number of hydrogen-bond donors (Lipinski definition) is 0. The average Bonchev–Trinajstić information content (AvgIpc) is 3.21. The van der Waals surface area contributed by atoms with Gasteiger partial charge in [-0.1, -0.05) is 40.7 Å². The second-order valence-corrected chi connectivity index (χ2v) is 6.61. The Morgan fingerprint density at radius 3 is 2.95 bits per heavy atom. The molecule has 1 aliphatic carbocycles. The lowest BCUT2D eigenvalue weighted by molar-refractivity contribution is 0.404. The summed E-state index contributed by atoms with van der Waals surface area (Å²) in [7, 11) is 2.03. The highest BCUT2D eigenvalue weighted by Crippen LogP contribution is 2.26. The van der Waals surface area contributed by atoms with Crippen LogP contribution in [-0.2, 0) is 6.54 Å². The van der Waals surface area contributed by atoms with E-state index >= 15 is 0 Å². The van der Waals surface area contributed by atoms with Crippen molar-refractivity contribution >= 4 is 28.5 Å². The fourth-order valence-corrected chi connectivity index (χ4v) is 2.96. The fraction of sp³-hybridized carbons (Fsp3) is 0.375. The maximum Gasteiger partial charge on any atom is 0.167 e. The van der Waals surface area contributed by atoms with Crippen molar-refractivity contribution < 1.29 is 4.52 Å². The largest absolute Gasteiger partial charge is 0.356 e. The van der Waals surface area contributed by atoms with Gasteiger partial charge in [-0.2, -0.15) is 0 Å². The zero-order valence-electron chi connectivity index (χ0n) is 12.6. The average molecular weight is 336 g/mol. The summed E-state index contributed by atoms with van der Waals surface area (Å²) in [5.74, 6) is 0.732. The van der Waals surface area contributed by atoms with Gasteiger partial charge < -0.3 is 9.42 Å². The molecule has 1 aromatic heterocycles. The van der Waals surface area contributed by atoms with Crippen molar-refractivity contribution in [3.8, 4) is 11.3 Å². The minimum absolute atomic E-state index is 0.518. The molecule has 6 heteroatoms. The van der Waals surface area contributed by atoms with E-state index in [1.807, 2.05) is 37.4 Å². The van der Waals surface area contributed by atoms with Crippen LogP contribution in [0, 0.1) is 0 Å². The number of rotatable bonds is 4. The highest BCUT2D eigenvalue weighted by atomic mass is 35.5. The number of hydrogen-bond acceptors (Lipinski definition) is 4. The Hall–Kier alpha value is -1.46. The summed E-state index contributed by atoms with van der Waals surface area (Å²) in [6, 6.07) is 10.1. The van der Waals surface area contributed by atoms with Gasteiger partial charge in [-0.05, 0) is 31.2 Å². The van der Waals surface area contributed by atoms with Crippen LogP contribution in [0.4, 0.5) is 0 Å². The quantitative estimate of drug-likeness (QED) is 0.616. The van der Waals surface area contributed by atoms with E-state index in [0.717, 1.165) is 22.2 Å². The monoisotopic (exact) mass is 335 g/mol. The van der Waals surface area contributed by atoms with Crippen molar-refractivity contribution in [1.82, 2.24) is 10.1 Å². The van der Waals surface area contributed by atoms with Crippen molar-refractivity contribution in [3.05, 3.63) is 41.0 Å². The van der Waals surface area contributed by atoms with E-state index in [-0.39, 0.29) is 0 Å². The molecule has 3 rings (SSSR count). The molecular formula is C16H18ClN3OS. The fourth-order valence-electron chi connectivity index (χ4n) is 2.14. The first kappa shape index (κ1) is 15.4. The van der Waals surface area contributed by atoms with E-state index in [2.05, 4.69) is 16.3 Å². The van der Waals surface area contributed by atoms with E-state index in [9.17, 15) is 0 Å². The minimum atomic E-state index is 0.518. The molecule has 2 aromatic rings. The van der Waals surface area contributed by atoms with Gasteiger partial charge in [-0.3, -0.25) is 4.99 Å². The van der Waals surface area contributed by atoms with Gasteiger partial charge in [0.15, 0.2) is 10.9 Å². The maximum absolute atomic E-state index is 6.01. The zero-order valence-corrected chi connectivity index (χ0v) is 14.2. The molecule has 1 fully saturated rings. The first-order valence-electron chi connectivity index (χ1n) is 7.20. The topological polar surface area (TPSA) is 41.6 Å². The number of aromatic nitrogens is 1. The Balaban J connectivity index is 1.71. The predicted molar refractivity (Wildman–Crippen MR) is 92.4 cm³/mol. The lowest BCUT2D eigenvalue weighted by atomic mass is 10.1. The summed E-state index contributed by atoms with van der Waals surface area (Å²) in [6.07, 6.45) is 4.47. The molecule has 0 amide bonds. The van der Waals surface area contributed by atoms with Crippen molar-refractivity contribution in [2.45, 2.75) is 25.4 Å². The molecule has 0 spiro atoms. The Labute approximate surface area is 139 Å². The third kappa shape index (κ3) is 3.84. The van der Waals surface area contributed by atoms with Gasteiger partial charge in [0.05, 0.1) is 12.6 Å². The molecule has 1 saturated carbocycles. The normalized spacial score (nSPS) is 15.1. The predicted octanol–water partition coefficient (Wildman–Crippen LogP) is 4.31. The van der Waals surface area contributed by atoms with Crippen molar-refractivity contribution in [2.75, 3.05) is 13.3 Å². The van der Waals surface area contributed by atoms with Gasteiger partial charge >= 0.3 is 0 Å². The minimum Gasteiger partial charge on any atom is -0.356 e. The Morgan fingerprint density at radius 1 is 1.45 bits per heavy atom. The van der Waals surface area contributed by atoms with Crippen LogP contribution in [0.5, 0.6) is 0 Å². The second-order valence-electron chi connectivity index (χ2n) is 5.40. The molecule has 22 heavy (non-hydrogen) atoms. The molecular weight excluding hydrogens is 318 g/mol. The molecule has 1 aliphatic rings. The third-order valence-corrected chi connectivity index (χ3v) is 4.43. The van der Waals surface area contributed by atoms with Gasteiger partial charge in [0.2, 0.25) is 0 Å². The molecule has 0 atom stereocenters. The van der Waals surface area contributed by atoms with Crippen LogP contribution < -0.4 is 0 Å². The van der Waals surface area contributed by atoms with Crippen molar-refractivity contribution in [2.24, 2.45) is 4.99 Å². The van der Waals surface area contributed by atoms with E-state index in [4.69, 9.17) is 21.1 Å². The molecule has 0 unspecified atom stereocenters. The molecule has 0 radical (unpaired) electrons. The van der Waals surface area contributed by atoms with Gasteiger partial charge in [-0.25, -0.2) is 0 Å². The molecule has 0 bridgehead atoms. The maximum atomic E-state index is 6.01. The summed E-state index contributed by atoms with van der Waals surface area (Å²) in [5, 5.41) is 5.89. The lowest BCUT2D eigenvalue weighted by Crippen LogP contribution is -2.24. The highest BCUT2D eigenvalue weighted by Gasteiger charge is 2.22. The van der Waals surface area contributed by atoms with E-state index < -0.39 is 0 Å². The second kappa shape index (κ2) is 6.75. The van der Waals surface area contributed by atoms with Gasteiger partial charge in [0.1, 0.15) is 5.69 Å². The molecule has 0 aliphatic heterocycles. The van der Waals surface area contributed by atoms with Crippen LogP contribution in [0.1, 0.15) is 18.5 Å². The summed E-state index contributed by atoms with van der Waals surface area (Å²) in [4.78, 5) is 6.82. The van der Waals surface area contributed by atoms with Gasteiger partial charge in [0, 0.05) is 23.7 Å². The van der Waals surface area contributed by atoms with Crippen LogP contribution in [-0.4, -0.2) is 34.6 Å². The Morgan fingerprint density at radius 2 is 2.27 bits per heavy atom. The van der Waals surface area contributed by atoms with Gasteiger partial charge in [-0.15, -0.1) is 0 Å². The first-order chi connectivity index (χ1) is 10.7. The van der Waals surface area contributed by atoms with Crippen molar-refractivity contribution in [1.29, 1.82) is 0 Å². The van der Waals surface area contributed by atoms with Gasteiger partial charge in [0.25, 0.3) is 0 Å². The number of nitrogens with zero attached hydrogens (tertiary/aromatic N) is 3. The molecule has 0 saturated heterocycles. The molecule has 1 aromatic carbocycles. The molecule has 4 nitrogen and oxygen atoms in total. The van der Waals surface area contributed by atoms with Crippen LogP contribution >= 0.6 is 23.4 Å². The SMILES string of the molecule is CS/C(=N\C1CC1)N(C)Cc1cc(-c2cccc(Cl)c2)on1. The van der Waals surface area contributed by atoms with Crippen LogP contribution in [0.2, 0.25) is 5.02 Å². The number of aliphatic imine (C=N–C) groups is 1. The summed E-state index contributed by atoms with van der Waals surface area (Å²) >= 11 is 7.68. The molecule has 0 N–H and O–H groups in total. The highest BCUT2D eigenvalue weighted by molar-refractivity contribution is 8.13. The third-order valence-electron chi connectivity index (χ3n) is 3.42. The van der Waals surface area contributed by atoms with E-state index in [1.165, 1.54) is 12.8 Å². The summed E-state index contributed by atoms with van der Waals surface area (Å²) in [5.41, 5.74) is 1.82. The van der Waals surface area contributed by atoms with Crippen molar-refractivity contribution in [3.63, 3.8) is 0 Å². The number of amidine groups is 1. The standard InChI is InChI=1S/C16H18ClN3OS/c1-20(16(22-2)18-13-6-7-13)10-14-9-15(21-19-14)11-4-3-5-12(17)8-11/h3-5,8-9,13H,6-7,10H2,1-2H3/b18-16-. The number of thioether (sulfide) groups is 1. The van der Waals surface area contributed by atoms with Crippen LogP contribution in [0.15, 0.2) is 39.8 Å². The van der Waals surface area contributed by atoms with Crippen LogP contribution in [0.3, 0.4) is 0 Å². The summed E-state index contributed by atoms with van der Waals surface area (Å²) < 4.78 is 5.43. The lowest BCUT2D eigenvalue weighted by Gasteiger charge is -2.18.